The van der Waals surface area contributed by atoms with Crippen molar-refractivity contribution in [2.45, 2.75) is 19.6 Å². The fourth-order valence-electron chi connectivity index (χ4n) is 2.63. The highest BCUT2D eigenvalue weighted by Gasteiger charge is 2.08. The van der Waals surface area contributed by atoms with Crippen molar-refractivity contribution < 1.29 is 9.53 Å². The number of aromatic amines is 1. The summed E-state index contributed by atoms with van der Waals surface area (Å²) in [4.78, 5) is 15.3. The molecule has 23 heavy (non-hydrogen) atoms. The zero-order chi connectivity index (χ0) is 16.1. The van der Waals surface area contributed by atoms with Gasteiger partial charge >= 0.3 is 0 Å². The molecule has 0 saturated carbocycles. The van der Waals surface area contributed by atoms with Gasteiger partial charge in [0, 0.05) is 30.8 Å². The van der Waals surface area contributed by atoms with Gasteiger partial charge in [0.15, 0.2) is 0 Å². The van der Waals surface area contributed by atoms with Crippen molar-refractivity contribution in [3.05, 3.63) is 71.4 Å². The molecule has 0 radical (unpaired) electrons. The van der Waals surface area contributed by atoms with Gasteiger partial charge in [-0.25, -0.2) is 0 Å². The zero-order valence-electron chi connectivity index (χ0n) is 13.1. The third-order valence-electron chi connectivity index (χ3n) is 3.85. The minimum atomic E-state index is 0.0238. The molecule has 0 saturated heterocycles. The number of H-pyrrole nitrogens is 1. The van der Waals surface area contributed by atoms with E-state index < -0.39 is 0 Å². The van der Waals surface area contributed by atoms with E-state index in [2.05, 4.69) is 10.3 Å². The summed E-state index contributed by atoms with van der Waals surface area (Å²) in [5, 5.41) is 4.07. The maximum atomic E-state index is 12.2. The van der Waals surface area contributed by atoms with Gasteiger partial charge in [-0.1, -0.05) is 42.5 Å². The first-order valence-electron chi connectivity index (χ1n) is 7.64. The van der Waals surface area contributed by atoms with E-state index in [4.69, 9.17) is 4.74 Å². The van der Waals surface area contributed by atoms with E-state index in [9.17, 15) is 4.79 Å². The first kappa shape index (κ1) is 15.3. The molecule has 1 amide bonds. The molecule has 0 aliphatic heterocycles. The predicted octanol–water partition coefficient (Wildman–Crippen LogP) is 3.17. The van der Waals surface area contributed by atoms with Gasteiger partial charge in [-0.2, -0.15) is 0 Å². The molecule has 3 rings (SSSR count). The van der Waals surface area contributed by atoms with Crippen LogP contribution in [0.4, 0.5) is 0 Å². The van der Waals surface area contributed by atoms with E-state index in [1.54, 1.807) is 7.11 Å². The molecule has 4 nitrogen and oxygen atoms in total. The molecule has 1 heterocycles. The van der Waals surface area contributed by atoms with Crippen LogP contribution in [-0.4, -0.2) is 18.0 Å². The molecule has 0 atom stereocenters. The van der Waals surface area contributed by atoms with Crippen LogP contribution in [0, 0.1) is 0 Å². The van der Waals surface area contributed by atoms with E-state index in [-0.39, 0.29) is 5.91 Å². The van der Waals surface area contributed by atoms with Gasteiger partial charge in [0.1, 0.15) is 0 Å². The van der Waals surface area contributed by atoms with Crippen LogP contribution in [0.5, 0.6) is 0 Å². The second-order valence-electron chi connectivity index (χ2n) is 5.56. The number of ether oxygens (including phenoxy) is 1. The summed E-state index contributed by atoms with van der Waals surface area (Å²) < 4.78 is 5.09. The van der Waals surface area contributed by atoms with Crippen LogP contribution in [0.3, 0.4) is 0 Å². The Hall–Kier alpha value is -2.59. The van der Waals surface area contributed by atoms with Gasteiger partial charge in [0.2, 0.25) is 5.91 Å². The van der Waals surface area contributed by atoms with E-state index in [0.29, 0.717) is 19.6 Å². The minimum Gasteiger partial charge on any atom is -0.380 e. The maximum absolute atomic E-state index is 12.2. The summed E-state index contributed by atoms with van der Waals surface area (Å²) in [5.41, 5.74) is 4.29. The Bertz CT molecular complexity index is 790. The molecule has 3 aromatic rings. The Morgan fingerprint density at radius 2 is 1.83 bits per heavy atom. The number of carbonyl (C=O) groups excluding carboxylic acids is 1. The number of amides is 1. The Morgan fingerprint density at radius 1 is 1.09 bits per heavy atom. The third kappa shape index (κ3) is 3.79. The molecule has 4 heteroatoms. The molecule has 1 aromatic heterocycles. The molecule has 0 fully saturated rings. The number of para-hydroxylation sites is 1. The Morgan fingerprint density at radius 3 is 2.61 bits per heavy atom. The number of aromatic nitrogens is 1. The van der Waals surface area contributed by atoms with Crippen LogP contribution >= 0.6 is 0 Å². The van der Waals surface area contributed by atoms with Crippen molar-refractivity contribution in [1.29, 1.82) is 0 Å². The van der Waals surface area contributed by atoms with Crippen LogP contribution in [0.1, 0.15) is 16.7 Å². The third-order valence-corrected chi connectivity index (χ3v) is 3.85. The number of fused-ring (bicyclic) bond motifs is 1. The van der Waals surface area contributed by atoms with E-state index in [0.717, 1.165) is 27.6 Å². The Kier molecular flexibility index (Phi) is 4.74. The van der Waals surface area contributed by atoms with Crippen LogP contribution in [0.25, 0.3) is 10.9 Å². The average Bonchev–Trinajstić information content (AvgIpc) is 2.98. The van der Waals surface area contributed by atoms with Crippen LogP contribution in [0.2, 0.25) is 0 Å². The molecule has 0 bridgehead atoms. The molecule has 0 aliphatic carbocycles. The lowest BCUT2D eigenvalue weighted by molar-refractivity contribution is -0.120. The number of rotatable bonds is 6. The molecule has 0 spiro atoms. The normalized spacial score (nSPS) is 10.8. The molecule has 2 aromatic carbocycles. The highest BCUT2D eigenvalue weighted by atomic mass is 16.5. The van der Waals surface area contributed by atoms with Gasteiger partial charge < -0.3 is 15.0 Å². The Balaban J connectivity index is 1.57. The predicted molar refractivity (Wildman–Crippen MR) is 91.0 cm³/mol. The minimum absolute atomic E-state index is 0.0238. The van der Waals surface area contributed by atoms with Crippen LogP contribution in [0.15, 0.2) is 54.7 Å². The zero-order valence-corrected chi connectivity index (χ0v) is 13.1. The van der Waals surface area contributed by atoms with Crippen molar-refractivity contribution in [2.24, 2.45) is 0 Å². The van der Waals surface area contributed by atoms with E-state index >= 15 is 0 Å². The van der Waals surface area contributed by atoms with Gasteiger partial charge in [-0.15, -0.1) is 0 Å². The largest absolute Gasteiger partial charge is 0.380 e. The van der Waals surface area contributed by atoms with Crippen molar-refractivity contribution in [2.75, 3.05) is 7.11 Å². The number of benzene rings is 2. The van der Waals surface area contributed by atoms with E-state index in [1.165, 1.54) is 0 Å². The highest BCUT2D eigenvalue weighted by molar-refractivity contribution is 5.88. The summed E-state index contributed by atoms with van der Waals surface area (Å²) >= 11 is 0. The van der Waals surface area contributed by atoms with Gasteiger partial charge in [-0.3, -0.25) is 4.79 Å². The lowest BCUT2D eigenvalue weighted by Crippen LogP contribution is -2.24. The van der Waals surface area contributed by atoms with Crippen LogP contribution < -0.4 is 5.32 Å². The fourth-order valence-corrected chi connectivity index (χ4v) is 2.63. The SMILES string of the molecule is COCc1ccc(CNC(=O)Cc2c[nH]c3ccccc23)cc1. The molecule has 0 aliphatic rings. The molecule has 2 N–H and O–H groups in total. The average molecular weight is 308 g/mol. The number of hydrogen-bond acceptors (Lipinski definition) is 2. The number of methoxy groups -OCH3 is 1. The van der Waals surface area contributed by atoms with Crippen molar-refractivity contribution in [1.82, 2.24) is 10.3 Å². The van der Waals surface area contributed by atoms with Crippen LogP contribution in [-0.2, 0) is 29.1 Å². The summed E-state index contributed by atoms with van der Waals surface area (Å²) in [6.45, 7) is 1.14. The second-order valence-corrected chi connectivity index (χ2v) is 5.56. The number of nitrogens with one attached hydrogen (secondary N) is 2. The highest BCUT2D eigenvalue weighted by Crippen LogP contribution is 2.18. The molecular weight excluding hydrogens is 288 g/mol. The quantitative estimate of drug-likeness (QED) is 0.735. The van der Waals surface area contributed by atoms with Gasteiger partial charge in [-0.05, 0) is 22.8 Å². The summed E-state index contributed by atoms with van der Waals surface area (Å²) in [6.07, 6.45) is 2.29. The van der Waals surface area contributed by atoms with Crippen molar-refractivity contribution in [3.8, 4) is 0 Å². The van der Waals surface area contributed by atoms with Gasteiger partial charge in [0.25, 0.3) is 0 Å². The Labute approximate surface area is 135 Å². The molecule has 0 unspecified atom stereocenters. The first-order chi connectivity index (χ1) is 11.3. The lowest BCUT2D eigenvalue weighted by atomic mass is 10.1. The van der Waals surface area contributed by atoms with Crippen molar-refractivity contribution >= 4 is 16.8 Å². The topological polar surface area (TPSA) is 54.1 Å². The number of carbonyl (C=O) groups is 1. The van der Waals surface area contributed by atoms with E-state index in [1.807, 2.05) is 54.7 Å². The fraction of sp³-hybridized carbons (Fsp3) is 0.211. The lowest BCUT2D eigenvalue weighted by Gasteiger charge is -2.06. The second kappa shape index (κ2) is 7.11. The maximum Gasteiger partial charge on any atom is 0.224 e. The standard InChI is InChI=1S/C19H20N2O2/c1-23-13-15-8-6-14(7-9-15)11-21-19(22)10-16-12-20-18-5-3-2-4-17(16)18/h2-9,12,20H,10-11,13H2,1H3,(H,21,22). The molecular formula is C19H20N2O2. The molecule has 118 valence electrons. The van der Waals surface area contributed by atoms with Gasteiger partial charge in [0.05, 0.1) is 13.0 Å². The van der Waals surface area contributed by atoms with Crippen molar-refractivity contribution in [3.63, 3.8) is 0 Å². The summed E-state index contributed by atoms with van der Waals surface area (Å²) in [7, 11) is 1.68. The first-order valence-corrected chi connectivity index (χ1v) is 7.64. The summed E-state index contributed by atoms with van der Waals surface area (Å²) in [6, 6.07) is 16.1. The monoisotopic (exact) mass is 308 g/mol. The smallest absolute Gasteiger partial charge is 0.224 e. The number of hydrogen-bond donors (Lipinski definition) is 2. The summed E-state index contributed by atoms with van der Waals surface area (Å²) in [5.74, 6) is 0.0238.